The highest BCUT2D eigenvalue weighted by Crippen LogP contribution is 2.34. The van der Waals surface area contributed by atoms with Gasteiger partial charge >= 0.3 is 6.18 Å². The van der Waals surface area contributed by atoms with Gasteiger partial charge in [-0.2, -0.15) is 23.0 Å². The van der Waals surface area contributed by atoms with Crippen LogP contribution in [0.4, 0.5) is 13.2 Å². The highest BCUT2D eigenvalue weighted by atomic mass is 19.4. The van der Waals surface area contributed by atoms with Gasteiger partial charge in [0.25, 0.3) is 0 Å². The van der Waals surface area contributed by atoms with E-state index in [0.29, 0.717) is 27.1 Å². The molecular weight excluding hydrogens is 357 g/mol. The summed E-state index contributed by atoms with van der Waals surface area (Å²) in [6, 6.07) is 12.8. The zero-order valence-electron chi connectivity index (χ0n) is 14.1. The molecule has 5 nitrogen and oxygen atoms in total. The smallest absolute Gasteiger partial charge is 0.433 e. The number of aromatic nitrogens is 4. The molecule has 0 spiro atoms. The van der Waals surface area contributed by atoms with Crippen LogP contribution >= 0.6 is 0 Å². The molecule has 27 heavy (non-hydrogen) atoms. The predicted molar refractivity (Wildman–Crippen MR) is 92.6 cm³/mol. The van der Waals surface area contributed by atoms with Crippen LogP contribution in [0.2, 0.25) is 0 Å². The van der Waals surface area contributed by atoms with E-state index in [1.807, 2.05) is 0 Å². The van der Waals surface area contributed by atoms with Crippen LogP contribution < -0.4 is 4.73 Å². The molecule has 0 aliphatic rings. The monoisotopic (exact) mass is 370 g/mol. The van der Waals surface area contributed by atoms with Gasteiger partial charge in [0, 0.05) is 30.2 Å². The van der Waals surface area contributed by atoms with Crippen LogP contribution in [-0.4, -0.2) is 14.6 Å². The molecule has 0 saturated carbocycles. The Bertz CT molecular complexity index is 1140. The average molecular weight is 370 g/mol. The van der Waals surface area contributed by atoms with Gasteiger partial charge in [-0.1, -0.05) is 30.3 Å². The van der Waals surface area contributed by atoms with E-state index in [2.05, 4.69) is 10.1 Å². The van der Waals surface area contributed by atoms with E-state index >= 15 is 0 Å². The molecular formula is C19H13F3N4O. The summed E-state index contributed by atoms with van der Waals surface area (Å²) in [5, 5.41) is 15.5. The summed E-state index contributed by atoms with van der Waals surface area (Å²) < 4.78 is 42.3. The van der Waals surface area contributed by atoms with Crippen LogP contribution in [0.3, 0.4) is 0 Å². The molecule has 0 N–H and O–H groups in total. The van der Waals surface area contributed by atoms with Gasteiger partial charge in [0.1, 0.15) is 0 Å². The number of benzene rings is 1. The summed E-state index contributed by atoms with van der Waals surface area (Å²) >= 11 is 0. The van der Waals surface area contributed by atoms with Crippen molar-refractivity contribution in [2.75, 3.05) is 0 Å². The highest BCUT2D eigenvalue weighted by molar-refractivity contribution is 5.78. The fourth-order valence-electron chi connectivity index (χ4n) is 2.90. The van der Waals surface area contributed by atoms with Gasteiger partial charge in [-0.05, 0) is 11.6 Å². The lowest BCUT2D eigenvalue weighted by Crippen LogP contribution is -2.28. The second-order valence-electron chi connectivity index (χ2n) is 6.07. The first-order valence-electron chi connectivity index (χ1n) is 8.06. The van der Waals surface area contributed by atoms with E-state index < -0.39 is 11.9 Å². The number of alkyl halides is 3. The maximum atomic E-state index is 13.6. The first-order valence-corrected chi connectivity index (χ1v) is 8.06. The molecule has 4 rings (SSSR count). The van der Waals surface area contributed by atoms with Crippen molar-refractivity contribution >= 4 is 5.65 Å². The molecule has 0 radical (unpaired) electrons. The fraction of sp³-hybridized carbons (Fsp3) is 0.105. The topological polar surface area (TPSA) is 57.1 Å². The first kappa shape index (κ1) is 17.0. The number of aryl methyl sites for hydroxylation is 1. The van der Waals surface area contributed by atoms with Crippen LogP contribution in [0, 0.1) is 12.1 Å². The third-order valence-corrected chi connectivity index (χ3v) is 4.24. The molecule has 3 aromatic heterocycles. The van der Waals surface area contributed by atoms with E-state index in [1.165, 1.54) is 18.5 Å². The summed E-state index contributed by atoms with van der Waals surface area (Å²) in [7, 11) is 0. The molecule has 0 bridgehead atoms. The van der Waals surface area contributed by atoms with Crippen LogP contribution in [0.5, 0.6) is 0 Å². The highest BCUT2D eigenvalue weighted by Gasteiger charge is 2.35. The van der Waals surface area contributed by atoms with Crippen LogP contribution in [0.25, 0.3) is 28.0 Å². The lowest BCUT2D eigenvalue weighted by molar-refractivity contribution is -0.612. The van der Waals surface area contributed by atoms with Crippen molar-refractivity contribution in [3.63, 3.8) is 0 Å². The molecule has 0 aliphatic heterocycles. The normalized spacial score (nSPS) is 11.9. The summed E-state index contributed by atoms with van der Waals surface area (Å²) in [5.74, 6) is 0. The van der Waals surface area contributed by atoms with E-state index in [0.717, 1.165) is 10.6 Å². The predicted octanol–water partition coefficient (Wildman–Crippen LogP) is 4.02. The van der Waals surface area contributed by atoms with Crippen molar-refractivity contribution in [3.8, 4) is 22.4 Å². The Hall–Kier alpha value is -3.42. The van der Waals surface area contributed by atoms with Gasteiger partial charge < -0.3 is 5.21 Å². The standard InChI is InChI=1S/C19H13F3N4O/c1-12-9-14(7-8-25(12)27)15-11-23-26-17(19(20,21)22)10-16(24-18(15)26)13-5-3-2-4-6-13/h2-11H,1H3. The van der Waals surface area contributed by atoms with Crippen molar-refractivity contribution in [3.05, 3.63) is 77.5 Å². The van der Waals surface area contributed by atoms with Crippen molar-refractivity contribution in [2.45, 2.75) is 13.1 Å². The van der Waals surface area contributed by atoms with E-state index in [9.17, 15) is 18.4 Å². The molecule has 0 amide bonds. The number of nitrogens with zero attached hydrogens (tertiary/aromatic N) is 4. The molecule has 3 heterocycles. The molecule has 0 unspecified atom stereocenters. The van der Waals surface area contributed by atoms with Crippen LogP contribution in [0.15, 0.2) is 60.9 Å². The van der Waals surface area contributed by atoms with Gasteiger partial charge in [0.05, 0.1) is 11.9 Å². The Morgan fingerprint density at radius 3 is 2.44 bits per heavy atom. The van der Waals surface area contributed by atoms with Gasteiger partial charge in [-0.3, -0.25) is 0 Å². The number of pyridine rings is 1. The van der Waals surface area contributed by atoms with Crippen molar-refractivity contribution in [2.24, 2.45) is 0 Å². The number of fused-ring (bicyclic) bond motifs is 1. The first-order chi connectivity index (χ1) is 12.8. The zero-order valence-corrected chi connectivity index (χ0v) is 14.1. The molecule has 0 aliphatic carbocycles. The molecule has 1 aromatic carbocycles. The SMILES string of the molecule is Cc1cc(-c2cnn3c(C(F)(F)F)cc(-c4ccccc4)nc23)cc[n+]1[O-]. The van der Waals surface area contributed by atoms with Crippen molar-refractivity contribution < 1.29 is 17.9 Å². The Kier molecular flexibility index (Phi) is 3.83. The Morgan fingerprint density at radius 2 is 1.78 bits per heavy atom. The number of rotatable bonds is 2. The third kappa shape index (κ3) is 2.99. The second kappa shape index (κ2) is 6.08. The summed E-state index contributed by atoms with van der Waals surface area (Å²) in [6.07, 6.45) is -1.96. The largest absolute Gasteiger partial charge is 0.619 e. The molecule has 0 fully saturated rings. The Balaban J connectivity index is 2.01. The van der Waals surface area contributed by atoms with E-state index in [-0.39, 0.29) is 11.3 Å². The second-order valence-corrected chi connectivity index (χ2v) is 6.07. The van der Waals surface area contributed by atoms with Crippen LogP contribution in [-0.2, 0) is 6.18 Å². The Morgan fingerprint density at radius 1 is 1.04 bits per heavy atom. The maximum Gasteiger partial charge on any atom is 0.433 e. The fourth-order valence-corrected chi connectivity index (χ4v) is 2.90. The lowest BCUT2D eigenvalue weighted by atomic mass is 10.1. The number of hydrogen-bond donors (Lipinski definition) is 0. The molecule has 8 heteroatoms. The number of hydrogen-bond acceptors (Lipinski definition) is 3. The quantitative estimate of drug-likeness (QED) is 0.396. The number of halogens is 3. The van der Waals surface area contributed by atoms with Gasteiger partial charge in [-0.15, -0.1) is 0 Å². The van der Waals surface area contributed by atoms with Gasteiger partial charge in [-0.25, -0.2) is 9.50 Å². The third-order valence-electron chi connectivity index (χ3n) is 4.24. The molecule has 4 aromatic rings. The zero-order chi connectivity index (χ0) is 19.2. The van der Waals surface area contributed by atoms with Gasteiger partial charge in [0.15, 0.2) is 23.2 Å². The van der Waals surface area contributed by atoms with E-state index in [4.69, 9.17) is 0 Å². The summed E-state index contributed by atoms with van der Waals surface area (Å²) in [6.45, 7) is 1.62. The summed E-state index contributed by atoms with van der Waals surface area (Å²) in [5.41, 5.74) is 1.34. The minimum atomic E-state index is -4.60. The lowest BCUT2D eigenvalue weighted by Gasteiger charge is -2.11. The molecule has 0 atom stereocenters. The van der Waals surface area contributed by atoms with Gasteiger partial charge in [0.2, 0.25) is 0 Å². The van der Waals surface area contributed by atoms with E-state index in [1.54, 1.807) is 43.3 Å². The van der Waals surface area contributed by atoms with Crippen molar-refractivity contribution in [1.29, 1.82) is 0 Å². The Labute approximate surface area is 151 Å². The van der Waals surface area contributed by atoms with Crippen molar-refractivity contribution in [1.82, 2.24) is 14.6 Å². The maximum absolute atomic E-state index is 13.6. The minimum absolute atomic E-state index is 0.0757. The molecule has 0 saturated heterocycles. The molecule has 136 valence electrons. The minimum Gasteiger partial charge on any atom is -0.619 e. The van der Waals surface area contributed by atoms with Crippen LogP contribution in [0.1, 0.15) is 11.4 Å². The summed E-state index contributed by atoms with van der Waals surface area (Å²) in [4.78, 5) is 4.42. The average Bonchev–Trinajstić information content (AvgIpc) is 3.07.